The van der Waals surface area contributed by atoms with Crippen LogP contribution in [-0.4, -0.2) is 8.76 Å². The first-order valence-electron chi connectivity index (χ1n) is 5.70. The summed E-state index contributed by atoms with van der Waals surface area (Å²) in [6, 6.07) is 19.2. The molecule has 0 spiro atoms. The molecule has 18 heavy (non-hydrogen) atoms. The van der Waals surface area contributed by atoms with Gasteiger partial charge in [-0.05, 0) is 17.5 Å². The van der Waals surface area contributed by atoms with Crippen molar-refractivity contribution in [1.29, 1.82) is 0 Å². The van der Waals surface area contributed by atoms with Crippen molar-refractivity contribution >= 4 is 11.3 Å². The highest BCUT2D eigenvalue weighted by Gasteiger charge is 2.11. The van der Waals surface area contributed by atoms with Gasteiger partial charge >= 0.3 is 0 Å². The van der Waals surface area contributed by atoms with E-state index in [0.29, 0.717) is 6.42 Å². The van der Waals surface area contributed by atoms with E-state index < -0.39 is 11.3 Å². The summed E-state index contributed by atoms with van der Waals surface area (Å²) in [7, 11) is 0. The smallest absolute Gasteiger partial charge is 0.0474 e. The van der Waals surface area contributed by atoms with E-state index >= 15 is 0 Å². The zero-order valence-corrected chi connectivity index (χ0v) is 10.6. The van der Waals surface area contributed by atoms with E-state index in [-0.39, 0.29) is 6.04 Å². The fourth-order valence-corrected chi connectivity index (χ4v) is 2.33. The maximum Gasteiger partial charge on any atom is 0.0474 e. The molecule has 0 bridgehead atoms. The minimum atomic E-state index is -2.27. The third kappa shape index (κ3) is 3.77. The van der Waals surface area contributed by atoms with Crippen LogP contribution in [0.25, 0.3) is 0 Å². The maximum absolute atomic E-state index is 10.9. The van der Waals surface area contributed by atoms with Crippen LogP contribution in [0.1, 0.15) is 17.2 Å². The van der Waals surface area contributed by atoms with Crippen molar-refractivity contribution in [2.75, 3.05) is 0 Å². The quantitative estimate of drug-likeness (QED) is 0.839. The Hall–Kier alpha value is -1.49. The second kappa shape index (κ2) is 6.44. The minimum absolute atomic E-state index is 0.230. The third-order valence-electron chi connectivity index (χ3n) is 2.72. The molecule has 0 aromatic heterocycles. The summed E-state index contributed by atoms with van der Waals surface area (Å²) in [5.74, 6) is 0. The Morgan fingerprint density at radius 1 is 1.00 bits per heavy atom. The SMILES string of the molecule is O=S([O-])NC(Cc1ccccc1)c1ccccc1. The molecule has 94 valence electrons. The summed E-state index contributed by atoms with van der Waals surface area (Å²) in [5.41, 5.74) is 2.06. The van der Waals surface area contributed by atoms with Gasteiger partial charge in [0, 0.05) is 17.3 Å². The summed E-state index contributed by atoms with van der Waals surface area (Å²) in [5, 5.41) is 0. The van der Waals surface area contributed by atoms with E-state index in [1.165, 1.54) is 0 Å². The second-order valence-corrected chi connectivity index (χ2v) is 4.71. The van der Waals surface area contributed by atoms with Crippen LogP contribution in [0.4, 0.5) is 0 Å². The van der Waals surface area contributed by atoms with Crippen LogP contribution in [0.15, 0.2) is 60.7 Å². The van der Waals surface area contributed by atoms with E-state index in [0.717, 1.165) is 11.1 Å². The van der Waals surface area contributed by atoms with Crippen LogP contribution < -0.4 is 4.72 Å². The molecule has 3 nitrogen and oxygen atoms in total. The number of nitrogens with one attached hydrogen (secondary N) is 1. The number of hydrogen-bond acceptors (Lipinski definition) is 2. The van der Waals surface area contributed by atoms with Crippen LogP contribution in [0.5, 0.6) is 0 Å². The third-order valence-corrected chi connectivity index (χ3v) is 3.20. The van der Waals surface area contributed by atoms with Crippen LogP contribution in [0.2, 0.25) is 0 Å². The molecule has 0 saturated carbocycles. The predicted octanol–water partition coefficient (Wildman–Crippen LogP) is 2.35. The van der Waals surface area contributed by atoms with E-state index in [1.807, 2.05) is 60.7 Å². The number of benzene rings is 2. The first-order chi connectivity index (χ1) is 8.75. The standard InChI is InChI=1S/C14H15NO2S/c16-18(17)15-14(13-9-5-2-6-10-13)11-12-7-3-1-4-8-12/h1-10,14-15H,11H2,(H,16,17)/p-1. The molecule has 0 aliphatic heterocycles. The monoisotopic (exact) mass is 260 g/mol. The Kier molecular flexibility index (Phi) is 4.64. The fraction of sp³-hybridized carbons (Fsp3) is 0.143. The van der Waals surface area contributed by atoms with Crippen LogP contribution in [0.3, 0.4) is 0 Å². The van der Waals surface area contributed by atoms with Crippen molar-refractivity contribution in [2.24, 2.45) is 0 Å². The molecule has 4 heteroatoms. The second-order valence-electron chi connectivity index (χ2n) is 4.01. The molecule has 0 saturated heterocycles. The van der Waals surface area contributed by atoms with E-state index in [1.54, 1.807) is 0 Å². The molecule has 2 rings (SSSR count). The highest BCUT2D eigenvalue weighted by molar-refractivity contribution is 7.77. The molecule has 0 aliphatic rings. The zero-order chi connectivity index (χ0) is 12.8. The van der Waals surface area contributed by atoms with Gasteiger partial charge in [-0.2, -0.15) is 0 Å². The van der Waals surface area contributed by atoms with Crippen molar-refractivity contribution in [3.63, 3.8) is 0 Å². The molecule has 0 aliphatic carbocycles. The number of rotatable bonds is 5. The molecule has 0 heterocycles. The predicted molar refractivity (Wildman–Crippen MR) is 71.4 cm³/mol. The summed E-state index contributed by atoms with van der Waals surface area (Å²) in [4.78, 5) is 0. The average molecular weight is 260 g/mol. The normalized spacial score (nSPS) is 14.1. The van der Waals surface area contributed by atoms with Crippen molar-refractivity contribution in [3.8, 4) is 0 Å². The van der Waals surface area contributed by atoms with Crippen LogP contribution in [0, 0.1) is 0 Å². The lowest BCUT2D eigenvalue weighted by Crippen LogP contribution is -2.25. The summed E-state index contributed by atoms with van der Waals surface area (Å²) < 4.78 is 24.3. The summed E-state index contributed by atoms with van der Waals surface area (Å²) in [6.45, 7) is 0. The van der Waals surface area contributed by atoms with E-state index in [4.69, 9.17) is 0 Å². The van der Waals surface area contributed by atoms with Gasteiger partial charge in [0.1, 0.15) is 0 Å². The van der Waals surface area contributed by atoms with Gasteiger partial charge in [-0.1, -0.05) is 60.7 Å². The molecular weight excluding hydrogens is 246 g/mol. The topological polar surface area (TPSA) is 52.2 Å². The molecule has 0 radical (unpaired) electrons. The number of hydrogen-bond donors (Lipinski definition) is 1. The average Bonchev–Trinajstić information content (AvgIpc) is 2.40. The Labute approximate surface area is 109 Å². The van der Waals surface area contributed by atoms with E-state index in [2.05, 4.69) is 4.72 Å². The summed E-state index contributed by atoms with van der Waals surface area (Å²) in [6.07, 6.45) is 0.638. The van der Waals surface area contributed by atoms with Crippen molar-refractivity contribution < 1.29 is 8.76 Å². The molecule has 2 atom stereocenters. The maximum atomic E-state index is 10.9. The highest BCUT2D eigenvalue weighted by Crippen LogP contribution is 2.18. The molecule has 2 aromatic carbocycles. The lowest BCUT2D eigenvalue weighted by Gasteiger charge is -2.20. The summed E-state index contributed by atoms with van der Waals surface area (Å²) >= 11 is -2.27. The van der Waals surface area contributed by atoms with Gasteiger partial charge in [0.25, 0.3) is 0 Å². The lowest BCUT2D eigenvalue weighted by atomic mass is 10.00. The molecule has 1 N–H and O–H groups in total. The largest absolute Gasteiger partial charge is 0.760 e. The zero-order valence-electron chi connectivity index (χ0n) is 9.78. The van der Waals surface area contributed by atoms with Crippen LogP contribution in [-0.2, 0) is 17.7 Å². The molecule has 0 amide bonds. The molecule has 2 aromatic rings. The van der Waals surface area contributed by atoms with Crippen LogP contribution >= 0.6 is 0 Å². The fourth-order valence-electron chi connectivity index (χ4n) is 1.88. The lowest BCUT2D eigenvalue weighted by molar-refractivity contribution is 0.504. The molecule has 2 unspecified atom stereocenters. The van der Waals surface area contributed by atoms with Gasteiger partial charge < -0.3 is 4.55 Å². The Bertz CT molecular complexity index is 502. The van der Waals surface area contributed by atoms with Crippen molar-refractivity contribution in [2.45, 2.75) is 12.5 Å². The van der Waals surface area contributed by atoms with Gasteiger partial charge in [0.05, 0.1) is 0 Å². The highest BCUT2D eigenvalue weighted by atomic mass is 32.2. The Morgan fingerprint density at radius 3 is 2.11 bits per heavy atom. The van der Waals surface area contributed by atoms with Gasteiger partial charge in [-0.3, -0.25) is 4.21 Å². The first kappa shape index (κ1) is 13.0. The van der Waals surface area contributed by atoms with Gasteiger partial charge in [-0.25, -0.2) is 4.72 Å². The first-order valence-corrected chi connectivity index (χ1v) is 6.77. The Balaban J connectivity index is 2.18. The minimum Gasteiger partial charge on any atom is -0.760 e. The van der Waals surface area contributed by atoms with Gasteiger partial charge in [0.15, 0.2) is 0 Å². The Morgan fingerprint density at radius 2 is 1.56 bits per heavy atom. The van der Waals surface area contributed by atoms with Crippen molar-refractivity contribution in [3.05, 3.63) is 71.8 Å². The van der Waals surface area contributed by atoms with Gasteiger partial charge in [0.2, 0.25) is 0 Å². The van der Waals surface area contributed by atoms with E-state index in [9.17, 15) is 8.76 Å². The van der Waals surface area contributed by atoms with Crippen molar-refractivity contribution in [1.82, 2.24) is 4.72 Å². The molecule has 0 fully saturated rings. The molecular formula is C14H14NO2S-. The van der Waals surface area contributed by atoms with Gasteiger partial charge in [-0.15, -0.1) is 0 Å².